The van der Waals surface area contributed by atoms with Gasteiger partial charge in [-0.15, -0.1) is 0 Å². The highest BCUT2D eigenvalue weighted by Gasteiger charge is 2.38. The van der Waals surface area contributed by atoms with E-state index in [0.29, 0.717) is 0 Å². The van der Waals surface area contributed by atoms with Gasteiger partial charge in [-0.1, -0.05) is 32.9 Å². The first-order valence-corrected chi connectivity index (χ1v) is 24.4. The summed E-state index contributed by atoms with van der Waals surface area (Å²) >= 11 is 0. The Morgan fingerprint density at radius 1 is 0.945 bits per heavy atom. The molecule has 0 fully saturated rings. The van der Waals surface area contributed by atoms with Crippen molar-refractivity contribution in [2.45, 2.75) is 89.3 Å². The average molecular weight is 1040 g/mol. The molecule has 4 bridgehead atoms. The first kappa shape index (κ1) is 56.8. The molecule has 4 amide bonds. The van der Waals surface area contributed by atoms with Crippen molar-refractivity contribution in [1.82, 2.24) is 35.5 Å². The van der Waals surface area contributed by atoms with Gasteiger partial charge in [0.2, 0.25) is 17.7 Å². The van der Waals surface area contributed by atoms with Crippen LogP contribution in [0.4, 0.5) is 10.2 Å². The molecule has 73 heavy (non-hydrogen) atoms. The van der Waals surface area contributed by atoms with Crippen molar-refractivity contribution in [2.24, 2.45) is 16.6 Å². The highest BCUT2D eigenvalue weighted by molar-refractivity contribution is 7.87. The number of aromatic nitrogens is 2. The number of amides is 4. The zero-order chi connectivity index (χ0) is 54.3. The van der Waals surface area contributed by atoms with Crippen LogP contribution < -0.4 is 52.5 Å². The number of phenolic OH excluding ortho intramolecular Hbond substituents is 1. The summed E-state index contributed by atoms with van der Waals surface area (Å²) in [7, 11) is -3.50. The molecule has 3 aromatic carbocycles. The number of hydrogen-bond acceptors (Lipinski definition) is 17. The van der Waals surface area contributed by atoms with Crippen LogP contribution in [-0.4, -0.2) is 144 Å². The van der Waals surface area contributed by atoms with Crippen LogP contribution in [0.3, 0.4) is 0 Å². The summed E-state index contributed by atoms with van der Waals surface area (Å²) < 4.78 is 53.8. The first-order chi connectivity index (χ1) is 34.2. The molecule has 0 radical (unpaired) electrons. The van der Waals surface area contributed by atoms with E-state index < -0.39 is 112 Å². The number of carboxylic acids is 1. The van der Waals surface area contributed by atoms with Crippen LogP contribution in [0.2, 0.25) is 0 Å². The normalized spacial score (nSPS) is 17.5. The lowest BCUT2D eigenvalue weighted by Gasteiger charge is -2.33. The monoisotopic (exact) mass is 1040 g/mol. The number of carbonyl (C=O) groups excluding carboxylic acids is 4. The van der Waals surface area contributed by atoms with Crippen LogP contribution in [0.5, 0.6) is 17.2 Å². The Morgan fingerprint density at radius 2 is 1.59 bits per heavy atom. The Labute approximate surface area is 420 Å². The fraction of sp³-hybridized carbons (Fsp3) is 0.426. The van der Waals surface area contributed by atoms with E-state index in [0.717, 1.165) is 30.0 Å². The summed E-state index contributed by atoms with van der Waals surface area (Å²) in [4.78, 5) is 79.1. The molecule has 1 aliphatic rings. The number of carboxylic acid groups (broad SMARTS) is 1. The standard InChI is InChI=1S/C47H62FN11O13S/c1-7-47(4,5)26-9-10-29(32(48)16-26)41-54-22(2)37(40(51)58-41)43(64)57-34(19-53-73(52,69)70)45(66)59(6)38-25-14-31(39(62)36(15-25)72-21-28(61)18-50)30-12-24(8-11-35(30)71-20-27(60)17-49)13-33(46(67)68)56-42(63)23(3)55-44(38)65/h8-12,14-16,23,27-28,33-34,38,53,60-62H,7,13,17-21,49-50H2,1-6H3,(H,55,65)(H,56,63)(H,57,64)(H,67,68)(H2,51,54,58)(H2,52,69,70)/t23-,27+,28+,33-,34-,38-/m0/s1. The lowest BCUT2D eigenvalue weighted by molar-refractivity contribution is -0.143. The fourth-order valence-electron chi connectivity index (χ4n) is 7.61. The van der Waals surface area contributed by atoms with Gasteiger partial charge >= 0.3 is 5.97 Å². The lowest BCUT2D eigenvalue weighted by Crippen LogP contribution is -2.57. The van der Waals surface area contributed by atoms with Gasteiger partial charge in [-0.25, -0.2) is 24.3 Å². The Balaban J connectivity index is 1.67. The van der Waals surface area contributed by atoms with Crippen LogP contribution in [-0.2, 0) is 41.2 Å². The molecule has 396 valence electrons. The number of nitrogen functional groups attached to an aromatic ring is 1. The zero-order valence-corrected chi connectivity index (χ0v) is 41.7. The Morgan fingerprint density at radius 3 is 2.16 bits per heavy atom. The number of ether oxygens (including phenoxy) is 2. The van der Waals surface area contributed by atoms with Gasteiger partial charge in [0.1, 0.15) is 72.5 Å². The number of halogens is 1. The maximum absolute atomic E-state index is 15.6. The van der Waals surface area contributed by atoms with Crippen molar-refractivity contribution >= 4 is 45.6 Å². The number of carbonyl (C=O) groups is 5. The third-order valence-electron chi connectivity index (χ3n) is 12.3. The predicted molar refractivity (Wildman–Crippen MR) is 263 cm³/mol. The molecular weight excluding hydrogens is 978 g/mol. The molecule has 6 atom stereocenters. The number of anilines is 1. The molecule has 26 heteroatoms. The van der Waals surface area contributed by atoms with E-state index in [9.17, 15) is 52.8 Å². The minimum atomic E-state index is -4.58. The number of likely N-dealkylation sites (N-methyl/N-ethyl adjacent to an activating group) is 1. The number of phenols is 1. The summed E-state index contributed by atoms with van der Waals surface area (Å²) in [5.41, 5.74) is 17.4. The van der Waals surface area contributed by atoms with Crippen LogP contribution in [0.15, 0.2) is 48.5 Å². The van der Waals surface area contributed by atoms with Crippen LogP contribution in [0.1, 0.15) is 72.9 Å². The van der Waals surface area contributed by atoms with Crippen molar-refractivity contribution in [2.75, 3.05) is 45.6 Å². The lowest BCUT2D eigenvalue weighted by atomic mass is 9.82. The molecular formula is C47H62FN11O13S. The molecule has 4 aromatic rings. The van der Waals surface area contributed by atoms with Crippen molar-refractivity contribution < 1.29 is 66.7 Å². The maximum Gasteiger partial charge on any atom is 0.326 e. The highest BCUT2D eigenvalue weighted by atomic mass is 32.2. The largest absolute Gasteiger partial charge is 0.504 e. The minimum absolute atomic E-state index is 0.0128. The Hall–Kier alpha value is -7.07. The van der Waals surface area contributed by atoms with E-state index in [-0.39, 0.29) is 82.2 Å². The SMILES string of the molecule is CCC(C)(C)c1ccc(-c2nc(C)c(C(=O)N[C@@H](CNS(N)(=O)=O)C(=O)N(C)[C@@H]3C(=O)N[C@@H](C)C(=O)N[C@H](C(=O)O)Cc4ccc(OC[C@H](O)CN)c(c4)-c4cc3cc(OC[C@H](O)CN)c4O)c(N)n2)c(F)c1. The number of aromatic hydroxyl groups is 1. The summed E-state index contributed by atoms with van der Waals surface area (Å²) in [6, 6.07) is 4.32. The summed E-state index contributed by atoms with van der Waals surface area (Å²) in [5, 5.41) is 55.2. The topological polar surface area (TPSA) is 400 Å². The summed E-state index contributed by atoms with van der Waals surface area (Å²) in [6.07, 6.45) is -2.05. The van der Waals surface area contributed by atoms with Gasteiger partial charge in [0.05, 0.1) is 11.3 Å². The molecule has 2 heterocycles. The van der Waals surface area contributed by atoms with Crippen LogP contribution in [0, 0.1) is 12.7 Å². The summed E-state index contributed by atoms with van der Waals surface area (Å²) in [5.74, 6) is -8.13. The number of nitrogens with one attached hydrogen (secondary N) is 4. The fourth-order valence-corrected chi connectivity index (χ4v) is 8.01. The number of aliphatic hydroxyl groups excluding tert-OH is 2. The highest BCUT2D eigenvalue weighted by Crippen LogP contribution is 2.45. The van der Waals surface area contributed by atoms with Gasteiger partial charge in [-0.2, -0.15) is 13.1 Å². The quantitative estimate of drug-likeness (QED) is 0.0555. The van der Waals surface area contributed by atoms with Gasteiger partial charge in [-0.3, -0.25) is 19.2 Å². The third-order valence-corrected chi connectivity index (χ3v) is 12.8. The average Bonchev–Trinajstić information content (AvgIpc) is 3.32. The number of benzene rings is 3. The van der Waals surface area contributed by atoms with Crippen molar-refractivity contribution in [3.05, 3.63) is 82.3 Å². The number of fused-ring (bicyclic) bond motifs is 5. The minimum Gasteiger partial charge on any atom is -0.504 e. The molecule has 16 N–H and O–H groups in total. The number of aliphatic carboxylic acids is 1. The molecule has 0 unspecified atom stereocenters. The Kier molecular flexibility index (Phi) is 18.4. The van der Waals surface area contributed by atoms with E-state index in [1.54, 1.807) is 6.07 Å². The van der Waals surface area contributed by atoms with Crippen LogP contribution >= 0.6 is 0 Å². The second-order valence-electron chi connectivity index (χ2n) is 18.1. The van der Waals surface area contributed by atoms with E-state index in [4.69, 9.17) is 31.8 Å². The first-order valence-electron chi connectivity index (χ1n) is 22.8. The number of rotatable bonds is 19. The third kappa shape index (κ3) is 13.9. The Bertz CT molecular complexity index is 2830. The molecule has 0 aliphatic carbocycles. The van der Waals surface area contributed by atoms with E-state index in [1.165, 1.54) is 50.2 Å². The van der Waals surface area contributed by atoms with Crippen molar-refractivity contribution in [3.63, 3.8) is 0 Å². The van der Waals surface area contributed by atoms with Gasteiger partial charge in [0, 0.05) is 44.2 Å². The molecule has 0 saturated carbocycles. The van der Waals surface area contributed by atoms with Crippen molar-refractivity contribution in [1.29, 1.82) is 0 Å². The van der Waals surface area contributed by atoms with Crippen LogP contribution in [0.25, 0.3) is 22.5 Å². The molecule has 0 spiro atoms. The zero-order valence-electron chi connectivity index (χ0n) is 40.9. The number of aryl methyl sites for hydroxylation is 1. The molecule has 0 saturated heterocycles. The number of hydrogen-bond donors (Lipinski definition) is 12. The molecule has 1 aliphatic heterocycles. The van der Waals surface area contributed by atoms with E-state index >= 15 is 4.39 Å². The predicted octanol–water partition coefficient (Wildman–Crippen LogP) is -0.648. The van der Waals surface area contributed by atoms with E-state index in [1.807, 2.05) is 25.5 Å². The van der Waals surface area contributed by atoms with Gasteiger partial charge < -0.3 is 68.0 Å². The second-order valence-corrected chi connectivity index (χ2v) is 19.5. The van der Waals surface area contributed by atoms with Gasteiger partial charge in [0.15, 0.2) is 17.3 Å². The number of nitrogens with zero attached hydrogens (tertiary/aromatic N) is 3. The maximum atomic E-state index is 15.6. The molecule has 24 nitrogen and oxygen atoms in total. The molecule has 1 aromatic heterocycles. The van der Waals surface area contributed by atoms with E-state index in [2.05, 4.69) is 25.9 Å². The summed E-state index contributed by atoms with van der Waals surface area (Å²) in [6.45, 7) is 6.17. The van der Waals surface area contributed by atoms with Crippen molar-refractivity contribution in [3.8, 4) is 39.8 Å². The number of nitrogens with two attached hydrogens (primary N) is 4. The smallest absolute Gasteiger partial charge is 0.326 e. The molecule has 5 rings (SSSR count). The van der Waals surface area contributed by atoms with Gasteiger partial charge in [-0.05, 0) is 78.8 Å². The van der Waals surface area contributed by atoms with Gasteiger partial charge in [0.25, 0.3) is 16.1 Å². The number of aliphatic hydroxyl groups is 2. The second kappa shape index (κ2) is 23.6.